The average Bonchev–Trinajstić information content (AvgIpc) is 3.30. The third kappa shape index (κ3) is 4.45. The monoisotopic (exact) mass is 283 g/mol. The van der Waals surface area contributed by atoms with E-state index < -0.39 is 0 Å². The first-order valence-corrected chi connectivity index (χ1v) is 7.58. The van der Waals surface area contributed by atoms with E-state index in [2.05, 4.69) is 5.32 Å². The zero-order valence-corrected chi connectivity index (χ0v) is 12.3. The molecule has 2 amide bonds. The summed E-state index contributed by atoms with van der Waals surface area (Å²) in [6.45, 7) is 6.31. The normalized spacial score (nSPS) is 18.9. The standard InChI is InChI=1S/C14H25N3O3/c1-2-17(12-3-4-12)14(19)11-15-6-5-13(18)16-7-9-20-10-8-16/h12,15H,2-11H2,1H3. The van der Waals surface area contributed by atoms with E-state index in [1.165, 1.54) is 0 Å². The summed E-state index contributed by atoms with van der Waals surface area (Å²) in [5.74, 6) is 0.289. The Kier molecular flexibility index (Phi) is 5.79. The van der Waals surface area contributed by atoms with Crippen molar-refractivity contribution in [2.24, 2.45) is 0 Å². The third-order valence-electron chi connectivity index (χ3n) is 3.80. The van der Waals surface area contributed by atoms with Crippen LogP contribution in [0.1, 0.15) is 26.2 Å². The van der Waals surface area contributed by atoms with Gasteiger partial charge in [0.05, 0.1) is 19.8 Å². The summed E-state index contributed by atoms with van der Waals surface area (Å²) in [4.78, 5) is 27.6. The first kappa shape index (κ1) is 15.3. The fourth-order valence-corrected chi connectivity index (χ4v) is 2.49. The highest BCUT2D eigenvalue weighted by Crippen LogP contribution is 2.26. The predicted octanol–water partition coefficient (Wildman–Crippen LogP) is -0.164. The van der Waals surface area contributed by atoms with Gasteiger partial charge in [-0.25, -0.2) is 0 Å². The summed E-state index contributed by atoms with van der Waals surface area (Å²) in [5, 5.41) is 3.08. The van der Waals surface area contributed by atoms with Gasteiger partial charge in [-0.15, -0.1) is 0 Å². The molecule has 0 unspecified atom stereocenters. The van der Waals surface area contributed by atoms with Crippen molar-refractivity contribution in [2.45, 2.75) is 32.2 Å². The van der Waals surface area contributed by atoms with Gasteiger partial charge in [-0.3, -0.25) is 9.59 Å². The van der Waals surface area contributed by atoms with Gasteiger partial charge in [-0.2, -0.15) is 0 Å². The number of hydrogen-bond acceptors (Lipinski definition) is 4. The molecule has 1 N–H and O–H groups in total. The van der Waals surface area contributed by atoms with Crippen molar-refractivity contribution in [2.75, 3.05) is 45.9 Å². The second-order valence-electron chi connectivity index (χ2n) is 5.33. The molecular formula is C14H25N3O3. The number of morpholine rings is 1. The quantitative estimate of drug-likeness (QED) is 0.659. The van der Waals surface area contributed by atoms with Gasteiger partial charge < -0.3 is 19.9 Å². The maximum Gasteiger partial charge on any atom is 0.236 e. The van der Waals surface area contributed by atoms with E-state index in [9.17, 15) is 9.59 Å². The lowest BCUT2D eigenvalue weighted by Gasteiger charge is -2.27. The SMILES string of the molecule is CCN(C(=O)CNCCC(=O)N1CCOCC1)C1CC1. The Hall–Kier alpha value is -1.14. The Balaban J connectivity index is 1.58. The van der Waals surface area contributed by atoms with Crippen molar-refractivity contribution < 1.29 is 14.3 Å². The first-order chi connectivity index (χ1) is 9.72. The average molecular weight is 283 g/mol. The Bertz CT molecular complexity index is 339. The molecule has 114 valence electrons. The van der Waals surface area contributed by atoms with E-state index in [0.29, 0.717) is 51.9 Å². The van der Waals surface area contributed by atoms with Crippen LogP contribution in [0.3, 0.4) is 0 Å². The maximum absolute atomic E-state index is 12.0. The van der Waals surface area contributed by atoms with Crippen molar-refractivity contribution in [1.82, 2.24) is 15.1 Å². The molecular weight excluding hydrogens is 258 g/mol. The molecule has 1 saturated carbocycles. The number of rotatable bonds is 7. The fraction of sp³-hybridized carbons (Fsp3) is 0.857. The molecule has 1 heterocycles. The molecule has 0 spiro atoms. The summed E-state index contributed by atoms with van der Waals surface area (Å²) in [6.07, 6.45) is 2.72. The minimum Gasteiger partial charge on any atom is -0.378 e. The summed E-state index contributed by atoms with van der Waals surface area (Å²) in [5.41, 5.74) is 0. The molecule has 0 aromatic carbocycles. The smallest absolute Gasteiger partial charge is 0.236 e. The van der Waals surface area contributed by atoms with Gasteiger partial charge in [0.1, 0.15) is 0 Å². The van der Waals surface area contributed by atoms with Gasteiger partial charge in [0.2, 0.25) is 11.8 Å². The van der Waals surface area contributed by atoms with Crippen LogP contribution in [0.25, 0.3) is 0 Å². The van der Waals surface area contributed by atoms with Gasteiger partial charge in [0, 0.05) is 38.6 Å². The molecule has 2 rings (SSSR count). The largest absolute Gasteiger partial charge is 0.378 e. The summed E-state index contributed by atoms with van der Waals surface area (Å²) in [6, 6.07) is 0.462. The Morgan fingerprint density at radius 2 is 2.00 bits per heavy atom. The molecule has 0 atom stereocenters. The molecule has 1 saturated heterocycles. The van der Waals surface area contributed by atoms with E-state index in [1.807, 2.05) is 16.7 Å². The molecule has 1 aliphatic carbocycles. The van der Waals surface area contributed by atoms with Crippen LogP contribution < -0.4 is 5.32 Å². The second-order valence-corrected chi connectivity index (χ2v) is 5.33. The molecule has 0 radical (unpaired) electrons. The lowest BCUT2D eigenvalue weighted by atomic mass is 10.3. The Labute approximate surface area is 120 Å². The summed E-state index contributed by atoms with van der Waals surface area (Å²) < 4.78 is 5.21. The Morgan fingerprint density at radius 1 is 1.30 bits per heavy atom. The summed E-state index contributed by atoms with van der Waals surface area (Å²) in [7, 11) is 0. The van der Waals surface area contributed by atoms with Gasteiger partial charge >= 0.3 is 0 Å². The first-order valence-electron chi connectivity index (χ1n) is 7.58. The van der Waals surface area contributed by atoms with Crippen LogP contribution in [-0.2, 0) is 14.3 Å². The number of nitrogens with zero attached hydrogens (tertiary/aromatic N) is 2. The number of carbonyl (C=O) groups is 2. The molecule has 20 heavy (non-hydrogen) atoms. The molecule has 0 aromatic heterocycles. The highest BCUT2D eigenvalue weighted by Gasteiger charge is 2.30. The molecule has 0 aromatic rings. The van der Waals surface area contributed by atoms with Crippen LogP contribution in [0, 0.1) is 0 Å². The van der Waals surface area contributed by atoms with E-state index in [1.54, 1.807) is 0 Å². The molecule has 6 nitrogen and oxygen atoms in total. The van der Waals surface area contributed by atoms with Crippen LogP contribution in [-0.4, -0.2) is 73.6 Å². The molecule has 2 aliphatic rings. The highest BCUT2D eigenvalue weighted by atomic mass is 16.5. The zero-order chi connectivity index (χ0) is 14.4. The van der Waals surface area contributed by atoms with Crippen molar-refractivity contribution in [3.63, 3.8) is 0 Å². The molecule has 1 aliphatic heterocycles. The topological polar surface area (TPSA) is 61.9 Å². The highest BCUT2D eigenvalue weighted by molar-refractivity contribution is 5.79. The van der Waals surface area contributed by atoms with E-state index in [4.69, 9.17) is 4.74 Å². The number of amides is 2. The van der Waals surface area contributed by atoms with Crippen LogP contribution in [0.2, 0.25) is 0 Å². The second kappa shape index (κ2) is 7.59. The van der Waals surface area contributed by atoms with E-state index in [-0.39, 0.29) is 11.8 Å². The number of ether oxygens (including phenoxy) is 1. The molecule has 2 fully saturated rings. The van der Waals surface area contributed by atoms with Crippen molar-refractivity contribution >= 4 is 11.8 Å². The van der Waals surface area contributed by atoms with Gasteiger partial charge in [-0.05, 0) is 19.8 Å². The lowest BCUT2D eigenvalue weighted by Crippen LogP contribution is -2.43. The fourth-order valence-electron chi connectivity index (χ4n) is 2.49. The van der Waals surface area contributed by atoms with E-state index >= 15 is 0 Å². The van der Waals surface area contributed by atoms with Crippen LogP contribution >= 0.6 is 0 Å². The third-order valence-corrected chi connectivity index (χ3v) is 3.80. The lowest BCUT2D eigenvalue weighted by molar-refractivity contribution is -0.135. The summed E-state index contributed by atoms with van der Waals surface area (Å²) >= 11 is 0. The van der Waals surface area contributed by atoms with Crippen LogP contribution in [0.15, 0.2) is 0 Å². The van der Waals surface area contributed by atoms with Crippen LogP contribution in [0.4, 0.5) is 0 Å². The number of nitrogens with one attached hydrogen (secondary N) is 1. The van der Waals surface area contributed by atoms with Gasteiger partial charge in [0.15, 0.2) is 0 Å². The maximum atomic E-state index is 12.0. The number of carbonyl (C=O) groups excluding carboxylic acids is 2. The van der Waals surface area contributed by atoms with E-state index in [0.717, 1.165) is 19.4 Å². The van der Waals surface area contributed by atoms with Crippen LogP contribution in [0.5, 0.6) is 0 Å². The van der Waals surface area contributed by atoms with Crippen molar-refractivity contribution in [3.05, 3.63) is 0 Å². The van der Waals surface area contributed by atoms with Gasteiger partial charge in [0.25, 0.3) is 0 Å². The molecule has 6 heteroatoms. The molecule has 0 bridgehead atoms. The minimum atomic E-state index is 0.141. The van der Waals surface area contributed by atoms with Gasteiger partial charge in [-0.1, -0.05) is 0 Å². The predicted molar refractivity (Wildman–Crippen MR) is 75.3 cm³/mol. The minimum absolute atomic E-state index is 0.141. The Morgan fingerprint density at radius 3 is 2.60 bits per heavy atom. The number of likely N-dealkylation sites (N-methyl/N-ethyl adjacent to an activating group) is 1. The van der Waals surface area contributed by atoms with Crippen molar-refractivity contribution in [1.29, 1.82) is 0 Å². The van der Waals surface area contributed by atoms with Crippen molar-refractivity contribution in [3.8, 4) is 0 Å². The number of hydrogen-bond donors (Lipinski definition) is 1. The zero-order valence-electron chi connectivity index (χ0n) is 12.3.